The van der Waals surface area contributed by atoms with Crippen molar-refractivity contribution in [3.63, 3.8) is 0 Å². The van der Waals surface area contributed by atoms with Gasteiger partial charge in [0.25, 0.3) is 5.91 Å². The van der Waals surface area contributed by atoms with Gasteiger partial charge in [0.05, 0.1) is 19.8 Å². The van der Waals surface area contributed by atoms with Crippen molar-refractivity contribution in [3.05, 3.63) is 47.5 Å². The third-order valence-corrected chi connectivity index (χ3v) is 4.65. The fraction of sp³-hybridized carbons (Fsp3) is 0.444. The van der Waals surface area contributed by atoms with E-state index in [1.165, 1.54) is 0 Å². The molecule has 3 N–H and O–H groups in total. The lowest BCUT2D eigenvalue weighted by Crippen LogP contribution is -2.37. The summed E-state index contributed by atoms with van der Waals surface area (Å²) in [5.74, 6) is 0.679. The summed E-state index contributed by atoms with van der Waals surface area (Å²) in [6, 6.07) is 10.3. The van der Waals surface area contributed by atoms with Gasteiger partial charge in [-0.2, -0.15) is 0 Å². The van der Waals surface area contributed by atoms with Gasteiger partial charge in [0.1, 0.15) is 12.1 Å². The van der Waals surface area contributed by atoms with Gasteiger partial charge in [-0.3, -0.25) is 9.59 Å². The van der Waals surface area contributed by atoms with Gasteiger partial charge in [-0.05, 0) is 71.4 Å². The zero-order valence-electron chi connectivity index (χ0n) is 22.4. The van der Waals surface area contributed by atoms with Crippen molar-refractivity contribution in [1.29, 1.82) is 0 Å². The third-order valence-electron chi connectivity index (χ3n) is 4.65. The molecule has 3 amide bonds. The monoisotopic (exact) mass is 515 g/mol. The summed E-state index contributed by atoms with van der Waals surface area (Å²) in [6.07, 6.45) is -0.664. The Morgan fingerprint density at radius 3 is 1.89 bits per heavy atom. The predicted molar refractivity (Wildman–Crippen MR) is 140 cm³/mol. The van der Waals surface area contributed by atoms with Gasteiger partial charge in [0, 0.05) is 17.8 Å². The summed E-state index contributed by atoms with van der Waals surface area (Å²) < 4.78 is 22.1. The van der Waals surface area contributed by atoms with Gasteiger partial charge >= 0.3 is 6.09 Å². The fourth-order valence-corrected chi connectivity index (χ4v) is 3.18. The molecule has 0 aliphatic heterocycles. The number of hydrogen-bond donors (Lipinski definition) is 3. The molecule has 0 atom stereocenters. The van der Waals surface area contributed by atoms with Crippen LogP contribution in [0, 0.1) is 0 Å². The lowest BCUT2D eigenvalue weighted by molar-refractivity contribution is -0.115. The zero-order valence-corrected chi connectivity index (χ0v) is 22.4. The zero-order chi connectivity index (χ0) is 27.4. The Morgan fingerprint density at radius 2 is 1.38 bits per heavy atom. The molecule has 0 radical (unpaired) electrons. The molecule has 0 aromatic heterocycles. The van der Waals surface area contributed by atoms with Crippen molar-refractivity contribution < 1.29 is 33.3 Å². The number of carbonyl (C=O) groups is 3. The molecule has 2 rings (SSSR count). The van der Waals surface area contributed by atoms with Crippen LogP contribution in [-0.4, -0.2) is 49.9 Å². The predicted octanol–water partition coefficient (Wildman–Crippen LogP) is 4.28. The topological polar surface area (TPSA) is 124 Å². The van der Waals surface area contributed by atoms with Crippen molar-refractivity contribution >= 4 is 23.6 Å². The minimum atomic E-state index is -0.664. The van der Waals surface area contributed by atoms with Gasteiger partial charge in [-0.1, -0.05) is 12.1 Å². The van der Waals surface area contributed by atoms with E-state index in [1.807, 2.05) is 20.8 Å². The molecular weight excluding hydrogens is 478 g/mol. The fourth-order valence-electron chi connectivity index (χ4n) is 3.18. The van der Waals surface area contributed by atoms with Gasteiger partial charge in [-0.25, -0.2) is 4.79 Å². The van der Waals surface area contributed by atoms with Crippen molar-refractivity contribution in [2.24, 2.45) is 0 Å². The molecule has 0 bridgehead atoms. The van der Waals surface area contributed by atoms with Crippen LogP contribution in [0.5, 0.6) is 17.2 Å². The van der Waals surface area contributed by atoms with Crippen LogP contribution in [-0.2, 0) is 16.1 Å². The van der Waals surface area contributed by atoms with Crippen LogP contribution in [0.3, 0.4) is 0 Å². The van der Waals surface area contributed by atoms with Crippen LogP contribution >= 0.6 is 0 Å². The molecule has 0 aliphatic carbocycles. The lowest BCUT2D eigenvalue weighted by Gasteiger charge is -2.19. The first-order valence-electron chi connectivity index (χ1n) is 12.3. The minimum Gasteiger partial charge on any atom is -0.490 e. The summed E-state index contributed by atoms with van der Waals surface area (Å²) in [5.41, 5.74) is 1.13. The number of alkyl carbamates (subject to hydrolysis) is 1. The number of amides is 3. The maximum Gasteiger partial charge on any atom is 0.408 e. The number of ether oxygens (including phenoxy) is 4. The second-order valence-corrected chi connectivity index (χ2v) is 8.88. The van der Waals surface area contributed by atoms with Crippen LogP contribution in [0.25, 0.3) is 0 Å². The summed E-state index contributed by atoms with van der Waals surface area (Å²) >= 11 is 0. The normalized spacial score (nSPS) is 10.8. The van der Waals surface area contributed by atoms with Crippen molar-refractivity contribution in [2.45, 2.75) is 53.7 Å². The average molecular weight is 516 g/mol. The van der Waals surface area contributed by atoms with Crippen LogP contribution in [0.1, 0.15) is 57.5 Å². The summed E-state index contributed by atoms with van der Waals surface area (Å²) in [7, 11) is 0. The summed E-state index contributed by atoms with van der Waals surface area (Å²) in [6.45, 7) is 12.1. The van der Waals surface area contributed by atoms with E-state index in [4.69, 9.17) is 18.9 Å². The van der Waals surface area contributed by atoms with Crippen molar-refractivity contribution in [2.75, 3.05) is 31.7 Å². The second-order valence-electron chi connectivity index (χ2n) is 8.88. The molecule has 0 heterocycles. The molecule has 2 aromatic carbocycles. The Bertz CT molecular complexity index is 1040. The smallest absolute Gasteiger partial charge is 0.408 e. The number of carbonyl (C=O) groups excluding carboxylic acids is 3. The number of nitrogens with one attached hydrogen (secondary N) is 3. The highest BCUT2D eigenvalue weighted by atomic mass is 16.6. The Morgan fingerprint density at radius 1 is 0.811 bits per heavy atom. The molecule has 0 spiro atoms. The van der Waals surface area contributed by atoms with E-state index >= 15 is 0 Å². The SMILES string of the molecule is CCOc1cc(C(=O)NCc2ccc(NC(=O)CNC(=O)OC(C)(C)C)cc2)cc(OCC)c1OCC. The van der Waals surface area contributed by atoms with Gasteiger partial charge in [0.15, 0.2) is 11.5 Å². The highest BCUT2D eigenvalue weighted by Gasteiger charge is 2.19. The van der Waals surface area contributed by atoms with Crippen molar-refractivity contribution in [3.8, 4) is 17.2 Å². The Balaban J connectivity index is 1.96. The average Bonchev–Trinajstić information content (AvgIpc) is 2.83. The highest BCUT2D eigenvalue weighted by Crippen LogP contribution is 2.39. The van der Waals surface area contributed by atoms with Crippen LogP contribution in [0.15, 0.2) is 36.4 Å². The largest absolute Gasteiger partial charge is 0.490 e. The molecule has 2 aromatic rings. The standard InChI is InChI=1S/C27H37N3O7/c1-7-34-21-14-19(15-22(35-8-2)24(21)36-9-3)25(32)28-16-18-10-12-20(13-11-18)30-23(31)17-29-26(33)37-27(4,5)6/h10-15H,7-9,16-17H2,1-6H3,(H,28,32)(H,29,33)(H,30,31). The second kappa shape index (κ2) is 14.0. The number of hydrogen-bond acceptors (Lipinski definition) is 7. The third kappa shape index (κ3) is 9.91. The van der Waals surface area contributed by atoms with E-state index in [0.717, 1.165) is 5.56 Å². The van der Waals surface area contributed by atoms with E-state index in [2.05, 4.69) is 16.0 Å². The molecule has 10 heteroatoms. The van der Waals surface area contributed by atoms with Gasteiger partial charge < -0.3 is 34.9 Å². The first kappa shape index (κ1) is 29.3. The summed E-state index contributed by atoms with van der Waals surface area (Å²) in [5, 5.41) is 7.98. The van der Waals surface area contributed by atoms with E-state index in [0.29, 0.717) is 48.3 Å². The quantitative estimate of drug-likeness (QED) is 0.385. The van der Waals surface area contributed by atoms with E-state index in [9.17, 15) is 14.4 Å². The maximum atomic E-state index is 12.9. The molecule has 0 aliphatic rings. The number of anilines is 1. The van der Waals surface area contributed by atoms with Crippen molar-refractivity contribution in [1.82, 2.24) is 10.6 Å². The molecule has 202 valence electrons. The molecule has 0 fully saturated rings. The molecule has 0 unspecified atom stereocenters. The lowest BCUT2D eigenvalue weighted by atomic mass is 10.1. The maximum absolute atomic E-state index is 12.9. The van der Waals surface area contributed by atoms with E-state index in [1.54, 1.807) is 57.2 Å². The Hall–Kier alpha value is -3.95. The molecular formula is C27H37N3O7. The number of rotatable bonds is 12. The van der Waals surface area contributed by atoms with Crippen LogP contribution in [0.2, 0.25) is 0 Å². The number of benzene rings is 2. The first-order valence-corrected chi connectivity index (χ1v) is 12.3. The Kier molecular flexibility index (Phi) is 11.0. The highest BCUT2D eigenvalue weighted by molar-refractivity contribution is 5.96. The van der Waals surface area contributed by atoms with E-state index in [-0.39, 0.29) is 19.0 Å². The molecule has 0 saturated heterocycles. The van der Waals surface area contributed by atoms with Gasteiger partial charge in [-0.15, -0.1) is 0 Å². The Labute approximate surface area is 218 Å². The van der Waals surface area contributed by atoms with Crippen LogP contribution < -0.4 is 30.2 Å². The molecule has 0 saturated carbocycles. The molecule has 37 heavy (non-hydrogen) atoms. The first-order chi connectivity index (χ1) is 17.6. The summed E-state index contributed by atoms with van der Waals surface area (Å²) in [4.78, 5) is 36.6. The minimum absolute atomic E-state index is 0.220. The van der Waals surface area contributed by atoms with Crippen LogP contribution in [0.4, 0.5) is 10.5 Å². The molecule has 10 nitrogen and oxygen atoms in total. The van der Waals surface area contributed by atoms with E-state index < -0.39 is 17.6 Å². The van der Waals surface area contributed by atoms with Gasteiger partial charge in [0.2, 0.25) is 11.7 Å².